The molecule has 3 rings (SSSR count). The van der Waals surface area contributed by atoms with Gasteiger partial charge >= 0.3 is 0 Å². The standard InChI is InChI=1S/C22H26FN3O2/c1-24(18-8-3-2-4-9-18)21(27)12-7-13-22(28)26-16-14-25(15-17-26)20-11-6-5-10-19(20)23/h2-6,8-11H,7,12-17H2,1H3. The van der Waals surface area contributed by atoms with Crippen LogP contribution in [0.3, 0.4) is 0 Å². The number of nitrogens with zero attached hydrogens (tertiary/aromatic N) is 3. The number of piperazine rings is 1. The van der Waals surface area contributed by atoms with Gasteiger partial charge in [-0.2, -0.15) is 0 Å². The molecule has 2 aromatic rings. The van der Waals surface area contributed by atoms with Gasteiger partial charge in [0.1, 0.15) is 5.82 Å². The highest BCUT2D eigenvalue weighted by Crippen LogP contribution is 2.20. The maximum absolute atomic E-state index is 13.9. The number of para-hydroxylation sites is 2. The fourth-order valence-corrected chi connectivity index (χ4v) is 3.42. The lowest BCUT2D eigenvalue weighted by molar-refractivity contribution is -0.131. The molecule has 1 fully saturated rings. The number of halogens is 1. The second-order valence-corrected chi connectivity index (χ2v) is 6.96. The van der Waals surface area contributed by atoms with Crippen LogP contribution in [0.5, 0.6) is 0 Å². The van der Waals surface area contributed by atoms with E-state index in [4.69, 9.17) is 0 Å². The summed E-state index contributed by atoms with van der Waals surface area (Å²) in [5, 5.41) is 0. The molecule has 5 nitrogen and oxygen atoms in total. The van der Waals surface area contributed by atoms with Crippen molar-refractivity contribution in [3.05, 3.63) is 60.4 Å². The first-order chi connectivity index (χ1) is 13.6. The summed E-state index contributed by atoms with van der Waals surface area (Å²) in [7, 11) is 1.75. The molecule has 0 aliphatic carbocycles. The summed E-state index contributed by atoms with van der Waals surface area (Å²) in [5.41, 5.74) is 1.44. The second-order valence-electron chi connectivity index (χ2n) is 6.96. The molecular weight excluding hydrogens is 357 g/mol. The largest absolute Gasteiger partial charge is 0.366 e. The summed E-state index contributed by atoms with van der Waals surface area (Å²) in [6.45, 7) is 2.38. The van der Waals surface area contributed by atoms with E-state index in [1.54, 1.807) is 24.1 Å². The van der Waals surface area contributed by atoms with Crippen LogP contribution in [0.4, 0.5) is 15.8 Å². The smallest absolute Gasteiger partial charge is 0.226 e. The predicted octanol–water partition coefficient (Wildman–Crippen LogP) is 3.31. The number of anilines is 2. The number of carbonyl (C=O) groups is 2. The molecule has 0 atom stereocenters. The van der Waals surface area contributed by atoms with Crippen LogP contribution in [-0.2, 0) is 9.59 Å². The highest BCUT2D eigenvalue weighted by atomic mass is 19.1. The van der Waals surface area contributed by atoms with Gasteiger partial charge in [0.2, 0.25) is 11.8 Å². The first kappa shape index (κ1) is 19.9. The first-order valence-electron chi connectivity index (χ1n) is 9.65. The molecule has 0 N–H and O–H groups in total. The Morgan fingerprint density at radius 2 is 1.57 bits per heavy atom. The van der Waals surface area contributed by atoms with Crippen LogP contribution in [-0.4, -0.2) is 49.9 Å². The van der Waals surface area contributed by atoms with Crippen molar-refractivity contribution in [1.82, 2.24) is 4.90 Å². The average molecular weight is 383 g/mol. The molecule has 2 amide bonds. The van der Waals surface area contributed by atoms with Crippen LogP contribution < -0.4 is 9.80 Å². The molecular formula is C22H26FN3O2. The molecule has 0 radical (unpaired) electrons. The van der Waals surface area contributed by atoms with Crippen molar-refractivity contribution in [2.24, 2.45) is 0 Å². The Bertz CT molecular complexity index is 804. The zero-order chi connectivity index (χ0) is 19.9. The van der Waals surface area contributed by atoms with Gasteiger partial charge in [-0.05, 0) is 30.7 Å². The Labute approximate surface area is 165 Å². The Morgan fingerprint density at radius 3 is 2.25 bits per heavy atom. The summed E-state index contributed by atoms with van der Waals surface area (Å²) < 4.78 is 13.9. The van der Waals surface area contributed by atoms with E-state index in [0.29, 0.717) is 51.1 Å². The second kappa shape index (κ2) is 9.35. The lowest BCUT2D eigenvalue weighted by atomic mass is 10.1. The molecule has 0 saturated carbocycles. The summed E-state index contributed by atoms with van der Waals surface area (Å²) in [6.07, 6.45) is 1.22. The van der Waals surface area contributed by atoms with Crippen molar-refractivity contribution in [2.45, 2.75) is 19.3 Å². The molecule has 148 valence electrons. The van der Waals surface area contributed by atoms with Gasteiger partial charge in [0.05, 0.1) is 5.69 Å². The highest BCUT2D eigenvalue weighted by Gasteiger charge is 2.22. The molecule has 1 aliphatic rings. The van der Waals surface area contributed by atoms with E-state index in [1.165, 1.54) is 6.07 Å². The van der Waals surface area contributed by atoms with Crippen molar-refractivity contribution >= 4 is 23.2 Å². The Balaban J connectivity index is 1.41. The summed E-state index contributed by atoms with van der Waals surface area (Å²) >= 11 is 0. The number of rotatable bonds is 6. The summed E-state index contributed by atoms with van der Waals surface area (Å²) in [6, 6.07) is 16.2. The fraction of sp³-hybridized carbons (Fsp3) is 0.364. The van der Waals surface area contributed by atoms with E-state index in [9.17, 15) is 14.0 Å². The highest BCUT2D eigenvalue weighted by molar-refractivity contribution is 5.93. The Kier molecular flexibility index (Phi) is 6.63. The van der Waals surface area contributed by atoms with Gasteiger partial charge in [0, 0.05) is 51.8 Å². The van der Waals surface area contributed by atoms with Crippen LogP contribution >= 0.6 is 0 Å². The SMILES string of the molecule is CN(C(=O)CCCC(=O)N1CCN(c2ccccc2F)CC1)c1ccccc1. The van der Waals surface area contributed by atoms with Crippen LogP contribution in [0.2, 0.25) is 0 Å². The van der Waals surface area contributed by atoms with Crippen molar-refractivity contribution in [3.8, 4) is 0 Å². The lowest BCUT2D eigenvalue weighted by Crippen LogP contribution is -2.49. The lowest BCUT2D eigenvalue weighted by Gasteiger charge is -2.36. The molecule has 6 heteroatoms. The maximum atomic E-state index is 13.9. The molecule has 1 heterocycles. The normalized spacial score (nSPS) is 14.1. The quantitative estimate of drug-likeness (QED) is 0.769. The Morgan fingerprint density at radius 1 is 0.929 bits per heavy atom. The Hall–Kier alpha value is -2.89. The third-order valence-corrected chi connectivity index (χ3v) is 5.12. The average Bonchev–Trinajstić information content (AvgIpc) is 2.74. The van der Waals surface area contributed by atoms with E-state index < -0.39 is 0 Å². The molecule has 2 aromatic carbocycles. The van der Waals surface area contributed by atoms with Crippen LogP contribution in [0.15, 0.2) is 54.6 Å². The summed E-state index contributed by atoms with van der Waals surface area (Å²) in [4.78, 5) is 30.1. The molecule has 0 bridgehead atoms. The van der Waals surface area contributed by atoms with Gasteiger partial charge in [0.15, 0.2) is 0 Å². The van der Waals surface area contributed by atoms with E-state index in [1.807, 2.05) is 46.2 Å². The molecule has 1 aliphatic heterocycles. The number of amides is 2. The number of benzene rings is 2. The van der Waals surface area contributed by atoms with Crippen LogP contribution in [0.25, 0.3) is 0 Å². The van der Waals surface area contributed by atoms with E-state index in [0.717, 1.165) is 5.69 Å². The minimum absolute atomic E-state index is 0.00312. The van der Waals surface area contributed by atoms with Gasteiger partial charge in [0.25, 0.3) is 0 Å². The third kappa shape index (κ3) is 4.88. The molecule has 28 heavy (non-hydrogen) atoms. The first-order valence-corrected chi connectivity index (χ1v) is 9.65. The van der Waals surface area contributed by atoms with E-state index in [-0.39, 0.29) is 17.6 Å². The number of carbonyl (C=O) groups excluding carboxylic acids is 2. The van der Waals surface area contributed by atoms with Crippen molar-refractivity contribution in [1.29, 1.82) is 0 Å². The van der Waals surface area contributed by atoms with E-state index >= 15 is 0 Å². The zero-order valence-corrected chi connectivity index (χ0v) is 16.2. The monoisotopic (exact) mass is 383 g/mol. The molecule has 0 spiro atoms. The van der Waals surface area contributed by atoms with Crippen molar-refractivity contribution in [2.75, 3.05) is 43.0 Å². The van der Waals surface area contributed by atoms with Gasteiger partial charge < -0.3 is 14.7 Å². The third-order valence-electron chi connectivity index (χ3n) is 5.12. The van der Waals surface area contributed by atoms with Gasteiger partial charge in [-0.25, -0.2) is 4.39 Å². The van der Waals surface area contributed by atoms with Gasteiger partial charge in [-0.3, -0.25) is 9.59 Å². The number of hydrogen-bond acceptors (Lipinski definition) is 3. The van der Waals surface area contributed by atoms with Crippen LogP contribution in [0.1, 0.15) is 19.3 Å². The molecule has 0 unspecified atom stereocenters. The topological polar surface area (TPSA) is 43.9 Å². The molecule has 0 aromatic heterocycles. The van der Waals surface area contributed by atoms with Crippen LogP contribution in [0, 0.1) is 5.82 Å². The predicted molar refractivity (Wildman–Crippen MR) is 109 cm³/mol. The van der Waals surface area contributed by atoms with Crippen molar-refractivity contribution in [3.63, 3.8) is 0 Å². The number of hydrogen-bond donors (Lipinski definition) is 0. The fourth-order valence-electron chi connectivity index (χ4n) is 3.42. The van der Waals surface area contributed by atoms with Crippen molar-refractivity contribution < 1.29 is 14.0 Å². The van der Waals surface area contributed by atoms with Gasteiger partial charge in [-0.1, -0.05) is 30.3 Å². The summed E-state index contributed by atoms with van der Waals surface area (Å²) in [5.74, 6) is -0.171. The molecule has 1 saturated heterocycles. The van der Waals surface area contributed by atoms with Gasteiger partial charge in [-0.15, -0.1) is 0 Å². The van der Waals surface area contributed by atoms with E-state index in [2.05, 4.69) is 0 Å². The minimum atomic E-state index is -0.233. The minimum Gasteiger partial charge on any atom is -0.366 e. The zero-order valence-electron chi connectivity index (χ0n) is 16.2. The maximum Gasteiger partial charge on any atom is 0.226 e.